The van der Waals surface area contributed by atoms with Gasteiger partial charge in [0.1, 0.15) is 0 Å². The Balaban J connectivity index is 2.13. The zero-order chi connectivity index (χ0) is 23.8. The summed E-state index contributed by atoms with van der Waals surface area (Å²) in [6.45, 7) is 20.4. The number of aliphatic hydroxyl groups is 1. The molecule has 0 aliphatic heterocycles. The van der Waals surface area contributed by atoms with Crippen LogP contribution in [0.4, 0.5) is 5.69 Å². The van der Waals surface area contributed by atoms with Crippen LogP contribution in [0.5, 0.6) is 0 Å². The van der Waals surface area contributed by atoms with Gasteiger partial charge in [0.25, 0.3) is 0 Å². The van der Waals surface area contributed by atoms with Crippen molar-refractivity contribution in [2.24, 2.45) is 28.6 Å². The Bertz CT molecular complexity index is 824. The largest absolute Gasteiger partial charge is 0.393 e. The number of hydrogen-bond acceptors (Lipinski definition) is 2. The lowest BCUT2D eigenvalue weighted by Crippen LogP contribution is -2.51. The van der Waals surface area contributed by atoms with Gasteiger partial charge < -0.3 is 10.0 Å². The molecule has 0 amide bonds. The predicted octanol–water partition coefficient (Wildman–Crippen LogP) is 7.60. The van der Waals surface area contributed by atoms with Crippen LogP contribution in [0, 0.1) is 28.6 Å². The molecule has 2 aliphatic carbocycles. The van der Waals surface area contributed by atoms with Crippen molar-refractivity contribution in [2.45, 2.75) is 85.2 Å². The molecule has 32 heavy (non-hydrogen) atoms. The normalized spacial score (nSPS) is 33.9. The van der Waals surface area contributed by atoms with Crippen LogP contribution in [0.1, 0.15) is 84.6 Å². The van der Waals surface area contributed by atoms with Crippen LogP contribution in [0.2, 0.25) is 0 Å². The van der Waals surface area contributed by atoms with E-state index < -0.39 is 0 Å². The number of allylic oxidation sites excluding steroid dienone is 2. The third kappa shape index (κ3) is 4.32. The highest BCUT2D eigenvalue weighted by molar-refractivity contribution is 5.47. The van der Waals surface area contributed by atoms with Gasteiger partial charge in [-0.05, 0) is 98.1 Å². The summed E-state index contributed by atoms with van der Waals surface area (Å²) in [5, 5.41) is 11.1. The molecule has 178 valence electrons. The van der Waals surface area contributed by atoms with Gasteiger partial charge in [0.15, 0.2) is 0 Å². The van der Waals surface area contributed by atoms with Crippen LogP contribution >= 0.6 is 0 Å². The second kappa shape index (κ2) is 9.37. The molecule has 1 aromatic rings. The van der Waals surface area contributed by atoms with Crippen molar-refractivity contribution in [1.82, 2.24) is 0 Å². The molecule has 0 spiro atoms. The van der Waals surface area contributed by atoms with E-state index in [0.717, 1.165) is 32.1 Å². The van der Waals surface area contributed by atoms with E-state index in [1.807, 2.05) is 0 Å². The van der Waals surface area contributed by atoms with Gasteiger partial charge in [-0.2, -0.15) is 0 Å². The molecular formula is C30H47NO. The summed E-state index contributed by atoms with van der Waals surface area (Å²) >= 11 is 0. The second-order valence-electron chi connectivity index (χ2n) is 11.8. The highest BCUT2D eigenvalue weighted by Crippen LogP contribution is 2.65. The van der Waals surface area contributed by atoms with Gasteiger partial charge in [0.05, 0.1) is 6.10 Å². The summed E-state index contributed by atoms with van der Waals surface area (Å²) in [5.41, 5.74) is 5.29. The number of fused-ring (bicyclic) bond motifs is 1. The van der Waals surface area contributed by atoms with Gasteiger partial charge in [0.2, 0.25) is 0 Å². The third-order valence-electron chi connectivity index (χ3n) is 9.52. The van der Waals surface area contributed by atoms with Gasteiger partial charge in [-0.1, -0.05) is 57.0 Å². The summed E-state index contributed by atoms with van der Waals surface area (Å²) in [7, 11) is 4.20. The summed E-state index contributed by atoms with van der Waals surface area (Å²) in [6.07, 6.45) is 6.32. The van der Waals surface area contributed by atoms with E-state index in [-0.39, 0.29) is 16.9 Å². The Hall–Kier alpha value is -1.54. The number of hydrogen-bond donors (Lipinski definition) is 1. The van der Waals surface area contributed by atoms with Crippen LogP contribution in [-0.4, -0.2) is 25.3 Å². The topological polar surface area (TPSA) is 23.5 Å². The average Bonchev–Trinajstić information content (AvgIpc) is 3.04. The summed E-state index contributed by atoms with van der Waals surface area (Å²) < 4.78 is 0. The quantitative estimate of drug-likeness (QED) is 0.423. The number of benzene rings is 1. The SMILES string of the molecule is C=C(C)CCC(C)(C(=C)C)C1C(c2ccc(N(C)C)cc2)CC2(C)C(O)CCC2C1CC. The molecule has 7 unspecified atom stereocenters. The lowest BCUT2D eigenvalue weighted by Gasteiger charge is -2.57. The average molecular weight is 438 g/mol. The molecule has 2 fully saturated rings. The monoisotopic (exact) mass is 437 g/mol. The maximum Gasteiger partial charge on any atom is 0.0596 e. The zero-order valence-corrected chi connectivity index (χ0v) is 21.7. The fourth-order valence-corrected chi connectivity index (χ4v) is 7.32. The van der Waals surface area contributed by atoms with Crippen LogP contribution in [-0.2, 0) is 0 Å². The molecule has 0 bridgehead atoms. The lowest BCUT2D eigenvalue weighted by molar-refractivity contribution is -0.0734. The summed E-state index contributed by atoms with van der Waals surface area (Å²) in [5.74, 6) is 2.14. The maximum absolute atomic E-state index is 11.1. The molecule has 0 saturated heterocycles. The fourth-order valence-electron chi connectivity index (χ4n) is 7.32. The van der Waals surface area contributed by atoms with E-state index in [0.29, 0.717) is 23.7 Å². The van der Waals surface area contributed by atoms with Crippen LogP contribution in [0.15, 0.2) is 48.6 Å². The van der Waals surface area contributed by atoms with Gasteiger partial charge in [0, 0.05) is 19.8 Å². The predicted molar refractivity (Wildman–Crippen MR) is 139 cm³/mol. The van der Waals surface area contributed by atoms with Crippen LogP contribution in [0.25, 0.3) is 0 Å². The minimum atomic E-state index is -0.183. The Morgan fingerprint density at radius 3 is 2.28 bits per heavy atom. The fraction of sp³-hybridized carbons (Fsp3) is 0.667. The molecule has 7 atom stereocenters. The number of anilines is 1. The summed E-state index contributed by atoms with van der Waals surface area (Å²) in [6, 6.07) is 9.22. The van der Waals surface area contributed by atoms with E-state index in [9.17, 15) is 5.11 Å². The second-order valence-corrected chi connectivity index (χ2v) is 11.8. The van der Waals surface area contributed by atoms with Gasteiger partial charge in [-0.15, -0.1) is 6.58 Å². The van der Waals surface area contributed by atoms with Gasteiger partial charge in [-0.25, -0.2) is 0 Å². The highest BCUT2D eigenvalue weighted by Gasteiger charge is 2.59. The first-order chi connectivity index (χ1) is 15.0. The minimum absolute atomic E-state index is 0.00635. The molecule has 2 aliphatic rings. The molecule has 2 saturated carbocycles. The van der Waals surface area contributed by atoms with Crippen molar-refractivity contribution >= 4 is 5.69 Å². The molecule has 2 heteroatoms. The third-order valence-corrected chi connectivity index (χ3v) is 9.52. The molecule has 0 aromatic heterocycles. The van der Waals surface area contributed by atoms with E-state index in [1.165, 1.54) is 28.8 Å². The Morgan fingerprint density at radius 2 is 1.78 bits per heavy atom. The summed E-state index contributed by atoms with van der Waals surface area (Å²) in [4.78, 5) is 2.17. The minimum Gasteiger partial charge on any atom is -0.393 e. The van der Waals surface area contributed by atoms with Crippen molar-refractivity contribution < 1.29 is 5.11 Å². The van der Waals surface area contributed by atoms with Crippen molar-refractivity contribution in [1.29, 1.82) is 0 Å². The Kier molecular flexibility index (Phi) is 7.35. The molecule has 3 rings (SSSR count). The Labute approximate surface area is 197 Å². The van der Waals surface area contributed by atoms with E-state index >= 15 is 0 Å². The zero-order valence-electron chi connectivity index (χ0n) is 21.7. The lowest BCUT2D eigenvalue weighted by atomic mass is 9.47. The number of aliphatic hydroxyl groups excluding tert-OH is 1. The first-order valence-corrected chi connectivity index (χ1v) is 12.7. The van der Waals surface area contributed by atoms with E-state index in [1.54, 1.807) is 0 Å². The van der Waals surface area contributed by atoms with Gasteiger partial charge >= 0.3 is 0 Å². The smallest absolute Gasteiger partial charge is 0.0596 e. The first kappa shape index (κ1) is 25.1. The first-order valence-electron chi connectivity index (χ1n) is 12.7. The molecule has 1 aromatic carbocycles. The molecular weight excluding hydrogens is 390 g/mol. The van der Waals surface area contributed by atoms with Crippen molar-refractivity contribution in [3.63, 3.8) is 0 Å². The van der Waals surface area contributed by atoms with Crippen LogP contribution in [0.3, 0.4) is 0 Å². The molecule has 0 heterocycles. The van der Waals surface area contributed by atoms with Gasteiger partial charge in [-0.3, -0.25) is 0 Å². The standard InChI is InChI=1S/C30H47NO/c1-10-24-26-15-16-27(32)30(26,7)19-25(22-11-13-23(14-12-22)31(8)9)28(24)29(6,21(4)5)18-17-20(2)3/h11-14,24-28,32H,2,4,10,15-19H2,1,3,5-9H3. The van der Waals surface area contributed by atoms with Crippen LogP contribution < -0.4 is 4.90 Å². The number of rotatable bonds is 8. The van der Waals surface area contributed by atoms with E-state index in [2.05, 4.69) is 91.0 Å². The molecule has 1 N–H and O–H groups in total. The van der Waals surface area contributed by atoms with Crippen molar-refractivity contribution in [3.05, 3.63) is 54.1 Å². The maximum atomic E-state index is 11.1. The van der Waals surface area contributed by atoms with Crippen molar-refractivity contribution in [2.75, 3.05) is 19.0 Å². The molecule has 0 radical (unpaired) electrons. The Morgan fingerprint density at radius 1 is 1.16 bits per heavy atom. The highest BCUT2D eigenvalue weighted by atomic mass is 16.3. The number of nitrogens with zero attached hydrogens (tertiary/aromatic N) is 1. The van der Waals surface area contributed by atoms with E-state index in [4.69, 9.17) is 0 Å². The molecule has 2 nitrogen and oxygen atoms in total. The van der Waals surface area contributed by atoms with Crippen molar-refractivity contribution in [3.8, 4) is 0 Å².